The lowest BCUT2D eigenvalue weighted by molar-refractivity contribution is 0.0727. The van der Waals surface area contributed by atoms with Crippen LogP contribution in [-0.2, 0) is 19.4 Å². The molecule has 0 bridgehead atoms. The van der Waals surface area contributed by atoms with E-state index in [0.717, 1.165) is 28.5 Å². The summed E-state index contributed by atoms with van der Waals surface area (Å²) < 4.78 is 1.12. The van der Waals surface area contributed by atoms with Crippen LogP contribution in [0.2, 0.25) is 0 Å². The molecule has 2 aromatic rings. The number of fused-ring (bicyclic) bond motifs is 1. The Morgan fingerprint density at radius 1 is 1.10 bits per heavy atom. The van der Waals surface area contributed by atoms with Crippen molar-refractivity contribution >= 4 is 28.5 Å². The van der Waals surface area contributed by atoms with Gasteiger partial charge in [0.25, 0.3) is 5.91 Å². The van der Waals surface area contributed by atoms with Gasteiger partial charge in [-0.25, -0.2) is 0 Å². The summed E-state index contributed by atoms with van der Waals surface area (Å²) in [5.74, 6) is 0.161. The number of nitrogens with zero attached hydrogens (tertiary/aromatic N) is 1. The zero-order chi connectivity index (χ0) is 14.8. The van der Waals surface area contributed by atoms with Gasteiger partial charge in [-0.15, -0.1) is 0 Å². The molecule has 2 nitrogen and oxygen atoms in total. The molecule has 0 atom stereocenters. The molecule has 0 aliphatic carbocycles. The first-order valence-electron chi connectivity index (χ1n) is 7.33. The van der Waals surface area contributed by atoms with Crippen LogP contribution in [0.15, 0.2) is 42.5 Å². The van der Waals surface area contributed by atoms with Gasteiger partial charge < -0.3 is 4.90 Å². The largest absolute Gasteiger partial charge is 0.334 e. The van der Waals surface area contributed by atoms with Crippen LogP contribution in [0.3, 0.4) is 0 Å². The van der Waals surface area contributed by atoms with Crippen molar-refractivity contribution in [2.75, 3.05) is 6.54 Å². The molecule has 108 valence electrons. The molecular formula is C18H18INO. The van der Waals surface area contributed by atoms with E-state index in [1.54, 1.807) is 0 Å². The fourth-order valence-electron chi connectivity index (χ4n) is 2.74. The van der Waals surface area contributed by atoms with Gasteiger partial charge in [-0.1, -0.05) is 37.3 Å². The van der Waals surface area contributed by atoms with Crippen LogP contribution < -0.4 is 0 Å². The molecule has 21 heavy (non-hydrogen) atoms. The van der Waals surface area contributed by atoms with Gasteiger partial charge in [-0.2, -0.15) is 0 Å². The molecule has 0 radical (unpaired) electrons. The number of halogens is 1. The van der Waals surface area contributed by atoms with Crippen LogP contribution in [0.1, 0.15) is 34.0 Å². The molecule has 1 heterocycles. The van der Waals surface area contributed by atoms with Gasteiger partial charge in [0, 0.05) is 22.2 Å². The molecule has 1 aliphatic rings. The SMILES string of the molecule is CCc1ccc(CN2CCc3ccc(I)cc3C2=O)cc1. The normalized spacial score (nSPS) is 14.2. The summed E-state index contributed by atoms with van der Waals surface area (Å²) in [5.41, 5.74) is 4.59. The molecule has 2 aromatic carbocycles. The van der Waals surface area contributed by atoms with Crippen LogP contribution in [0.25, 0.3) is 0 Å². The second-order valence-corrected chi connectivity index (χ2v) is 6.69. The predicted molar refractivity (Wildman–Crippen MR) is 93.4 cm³/mol. The Bertz CT molecular complexity index is 663. The summed E-state index contributed by atoms with van der Waals surface area (Å²) in [5, 5.41) is 0. The molecule has 1 aliphatic heterocycles. The highest BCUT2D eigenvalue weighted by molar-refractivity contribution is 14.1. The lowest BCUT2D eigenvalue weighted by atomic mass is 9.98. The maximum atomic E-state index is 12.6. The van der Waals surface area contributed by atoms with Crippen molar-refractivity contribution in [3.8, 4) is 0 Å². The molecule has 3 rings (SSSR count). The number of rotatable bonds is 3. The molecule has 3 heteroatoms. The molecule has 0 unspecified atom stereocenters. The van der Waals surface area contributed by atoms with Crippen molar-refractivity contribution in [1.82, 2.24) is 4.90 Å². The minimum atomic E-state index is 0.161. The second-order valence-electron chi connectivity index (χ2n) is 5.45. The minimum Gasteiger partial charge on any atom is -0.334 e. The summed E-state index contributed by atoms with van der Waals surface area (Å²) in [6.45, 7) is 3.66. The quantitative estimate of drug-likeness (QED) is 0.723. The Morgan fingerprint density at radius 3 is 2.52 bits per heavy atom. The van der Waals surface area contributed by atoms with E-state index >= 15 is 0 Å². The Labute approximate surface area is 139 Å². The van der Waals surface area contributed by atoms with Crippen molar-refractivity contribution in [2.45, 2.75) is 26.3 Å². The van der Waals surface area contributed by atoms with E-state index in [4.69, 9.17) is 0 Å². The van der Waals surface area contributed by atoms with E-state index in [1.165, 1.54) is 16.7 Å². The highest BCUT2D eigenvalue weighted by atomic mass is 127. The molecular weight excluding hydrogens is 373 g/mol. The summed E-state index contributed by atoms with van der Waals surface area (Å²) in [4.78, 5) is 14.6. The van der Waals surface area contributed by atoms with E-state index in [1.807, 2.05) is 11.0 Å². The van der Waals surface area contributed by atoms with Crippen molar-refractivity contribution in [2.24, 2.45) is 0 Å². The van der Waals surface area contributed by atoms with Gasteiger partial charge in [0.2, 0.25) is 0 Å². The number of amides is 1. The van der Waals surface area contributed by atoms with E-state index in [-0.39, 0.29) is 5.91 Å². The number of carbonyl (C=O) groups is 1. The average molecular weight is 391 g/mol. The average Bonchev–Trinajstić information content (AvgIpc) is 2.51. The van der Waals surface area contributed by atoms with Crippen molar-refractivity contribution in [3.05, 3.63) is 68.3 Å². The molecule has 0 fully saturated rings. The summed E-state index contributed by atoms with van der Waals surface area (Å²) in [6, 6.07) is 14.7. The van der Waals surface area contributed by atoms with Crippen LogP contribution >= 0.6 is 22.6 Å². The van der Waals surface area contributed by atoms with E-state index < -0.39 is 0 Å². The number of hydrogen-bond acceptors (Lipinski definition) is 1. The van der Waals surface area contributed by atoms with E-state index in [2.05, 4.69) is 65.9 Å². The van der Waals surface area contributed by atoms with Gasteiger partial charge in [-0.05, 0) is 64.3 Å². The Kier molecular flexibility index (Phi) is 4.29. The third-order valence-electron chi connectivity index (χ3n) is 4.05. The van der Waals surface area contributed by atoms with Gasteiger partial charge in [0.15, 0.2) is 0 Å². The lowest BCUT2D eigenvalue weighted by Crippen LogP contribution is -2.37. The first kappa shape index (κ1) is 14.6. The highest BCUT2D eigenvalue weighted by Crippen LogP contribution is 2.22. The smallest absolute Gasteiger partial charge is 0.254 e. The van der Waals surface area contributed by atoms with Crippen molar-refractivity contribution in [1.29, 1.82) is 0 Å². The maximum absolute atomic E-state index is 12.6. The summed E-state index contributed by atoms with van der Waals surface area (Å²) in [7, 11) is 0. The van der Waals surface area contributed by atoms with Gasteiger partial charge in [-0.3, -0.25) is 4.79 Å². The van der Waals surface area contributed by atoms with Gasteiger partial charge in [0.1, 0.15) is 0 Å². The second kappa shape index (κ2) is 6.18. The molecule has 0 spiro atoms. The minimum absolute atomic E-state index is 0.161. The zero-order valence-electron chi connectivity index (χ0n) is 12.1. The fraction of sp³-hybridized carbons (Fsp3) is 0.278. The summed E-state index contributed by atoms with van der Waals surface area (Å²) in [6.07, 6.45) is 2.00. The van der Waals surface area contributed by atoms with Crippen LogP contribution in [0, 0.1) is 3.57 Å². The predicted octanol–water partition coefficient (Wildman–Crippen LogP) is 4.05. The molecule has 0 saturated heterocycles. The van der Waals surface area contributed by atoms with Crippen molar-refractivity contribution in [3.63, 3.8) is 0 Å². The Balaban J connectivity index is 1.79. The highest BCUT2D eigenvalue weighted by Gasteiger charge is 2.24. The molecule has 0 saturated carbocycles. The van der Waals surface area contributed by atoms with E-state index in [9.17, 15) is 4.79 Å². The zero-order valence-corrected chi connectivity index (χ0v) is 14.3. The standard InChI is InChI=1S/C18H18INO/c1-2-13-3-5-14(6-4-13)12-20-10-9-15-7-8-16(19)11-17(15)18(20)21/h3-8,11H,2,9-10,12H2,1H3. The van der Waals surface area contributed by atoms with Crippen LogP contribution in [0.4, 0.5) is 0 Å². The third-order valence-corrected chi connectivity index (χ3v) is 4.72. The molecule has 0 aromatic heterocycles. The monoisotopic (exact) mass is 391 g/mol. The molecule has 0 N–H and O–H groups in total. The Hall–Kier alpha value is -1.36. The first-order chi connectivity index (χ1) is 10.2. The van der Waals surface area contributed by atoms with Crippen LogP contribution in [-0.4, -0.2) is 17.4 Å². The number of carbonyl (C=O) groups excluding carboxylic acids is 1. The third kappa shape index (κ3) is 3.12. The first-order valence-corrected chi connectivity index (χ1v) is 8.41. The van der Waals surface area contributed by atoms with Gasteiger partial charge in [0.05, 0.1) is 0 Å². The fourth-order valence-corrected chi connectivity index (χ4v) is 3.24. The lowest BCUT2D eigenvalue weighted by Gasteiger charge is -2.29. The number of benzene rings is 2. The van der Waals surface area contributed by atoms with E-state index in [0.29, 0.717) is 6.54 Å². The number of hydrogen-bond donors (Lipinski definition) is 0. The Morgan fingerprint density at radius 2 is 1.81 bits per heavy atom. The maximum Gasteiger partial charge on any atom is 0.254 e. The molecule has 1 amide bonds. The topological polar surface area (TPSA) is 20.3 Å². The summed E-state index contributed by atoms with van der Waals surface area (Å²) >= 11 is 2.26. The van der Waals surface area contributed by atoms with Gasteiger partial charge >= 0.3 is 0 Å². The number of aryl methyl sites for hydroxylation is 1. The van der Waals surface area contributed by atoms with Crippen molar-refractivity contribution < 1.29 is 4.79 Å². The van der Waals surface area contributed by atoms with Crippen LogP contribution in [0.5, 0.6) is 0 Å².